The molecule has 1 aliphatic rings. The van der Waals surface area contributed by atoms with Gasteiger partial charge < -0.3 is 10.6 Å². The van der Waals surface area contributed by atoms with Gasteiger partial charge in [-0.15, -0.1) is 0 Å². The molecule has 0 radical (unpaired) electrons. The van der Waals surface area contributed by atoms with Crippen molar-refractivity contribution in [3.05, 3.63) is 35.9 Å². The zero-order chi connectivity index (χ0) is 15.2. The standard InChI is InChI=1S/C15H19N3O2S/c1-10(2)12(14(20)18-15-16-8-9-21-15)17-13(19)11-6-4-3-5-7-11/h3-7,10,12H,8-9H2,1-2H3,(H,17,19)(H,16,18,20)/t12-/m0/s1. The summed E-state index contributed by atoms with van der Waals surface area (Å²) in [6.45, 7) is 4.53. The van der Waals surface area contributed by atoms with Crippen LogP contribution >= 0.6 is 11.8 Å². The first-order valence-corrected chi connectivity index (χ1v) is 7.90. The fourth-order valence-electron chi connectivity index (χ4n) is 1.94. The van der Waals surface area contributed by atoms with Crippen LogP contribution in [0.5, 0.6) is 0 Å². The Balaban J connectivity index is 2.01. The molecule has 1 aliphatic heterocycles. The van der Waals surface area contributed by atoms with E-state index >= 15 is 0 Å². The molecule has 0 unspecified atom stereocenters. The molecular formula is C15H19N3O2S. The number of nitrogens with one attached hydrogen (secondary N) is 2. The van der Waals surface area contributed by atoms with E-state index in [-0.39, 0.29) is 17.7 Å². The summed E-state index contributed by atoms with van der Waals surface area (Å²) in [4.78, 5) is 28.7. The Morgan fingerprint density at radius 2 is 1.95 bits per heavy atom. The van der Waals surface area contributed by atoms with E-state index < -0.39 is 6.04 Å². The van der Waals surface area contributed by atoms with Crippen molar-refractivity contribution in [3.63, 3.8) is 0 Å². The van der Waals surface area contributed by atoms with Crippen LogP contribution in [0.3, 0.4) is 0 Å². The van der Waals surface area contributed by atoms with Gasteiger partial charge in [-0.3, -0.25) is 14.6 Å². The van der Waals surface area contributed by atoms with Crippen molar-refractivity contribution < 1.29 is 9.59 Å². The van der Waals surface area contributed by atoms with Gasteiger partial charge in [-0.05, 0) is 18.1 Å². The van der Waals surface area contributed by atoms with Crippen molar-refractivity contribution in [3.8, 4) is 0 Å². The second-order valence-electron chi connectivity index (χ2n) is 5.09. The van der Waals surface area contributed by atoms with Gasteiger partial charge in [0.25, 0.3) is 5.91 Å². The van der Waals surface area contributed by atoms with Gasteiger partial charge in [0, 0.05) is 11.3 Å². The molecule has 0 aliphatic carbocycles. The van der Waals surface area contributed by atoms with Gasteiger partial charge in [0.1, 0.15) is 6.04 Å². The number of amides is 2. The van der Waals surface area contributed by atoms with E-state index in [1.54, 1.807) is 24.3 Å². The highest BCUT2D eigenvalue weighted by molar-refractivity contribution is 8.14. The lowest BCUT2D eigenvalue weighted by Gasteiger charge is -2.21. The van der Waals surface area contributed by atoms with Gasteiger partial charge in [0.05, 0.1) is 6.54 Å². The minimum atomic E-state index is -0.582. The van der Waals surface area contributed by atoms with Crippen LogP contribution in [0.15, 0.2) is 35.3 Å². The first-order valence-electron chi connectivity index (χ1n) is 6.92. The number of benzene rings is 1. The molecule has 2 amide bonds. The van der Waals surface area contributed by atoms with E-state index in [1.165, 1.54) is 11.8 Å². The molecule has 1 aromatic carbocycles. The second kappa shape index (κ2) is 7.26. The molecule has 21 heavy (non-hydrogen) atoms. The monoisotopic (exact) mass is 305 g/mol. The fourth-order valence-corrected chi connectivity index (χ4v) is 2.67. The van der Waals surface area contributed by atoms with Gasteiger partial charge in [-0.2, -0.15) is 0 Å². The number of amidine groups is 1. The van der Waals surface area contributed by atoms with Crippen molar-refractivity contribution in [1.82, 2.24) is 10.6 Å². The lowest BCUT2D eigenvalue weighted by Crippen LogP contribution is -2.50. The van der Waals surface area contributed by atoms with Gasteiger partial charge in [-0.25, -0.2) is 0 Å². The molecule has 0 fully saturated rings. The number of thioether (sulfide) groups is 1. The molecular weight excluding hydrogens is 286 g/mol. The highest BCUT2D eigenvalue weighted by Gasteiger charge is 2.26. The summed E-state index contributed by atoms with van der Waals surface area (Å²) >= 11 is 1.52. The summed E-state index contributed by atoms with van der Waals surface area (Å²) in [5.74, 6) is 0.413. The number of carbonyl (C=O) groups is 2. The maximum Gasteiger partial charge on any atom is 0.251 e. The third kappa shape index (κ3) is 4.32. The van der Waals surface area contributed by atoms with Crippen LogP contribution in [0, 0.1) is 5.92 Å². The number of rotatable bonds is 4. The molecule has 0 saturated carbocycles. The number of carbonyl (C=O) groups excluding carboxylic acids is 2. The zero-order valence-corrected chi connectivity index (χ0v) is 12.9. The van der Waals surface area contributed by atoms with Crippen LogP contribution in [0.25, 0.3) is 0 Å². The number of aliphatic imine (C=N–C) groups is 1. The van der Waals surface area contributed by atoms with Crippen molar-refractivity contribution in [2.24, 2.45) is 10.9 Å². The smallest absolute Gasteiger partial charge is 0.251 e. The van der Waals surface area contributed by atoms with Crippen molar-refractivity contribution >= 4 is 28.7 Å². The van der Waals surface area contributed by atoms with Crippen molar-refractivity contribution in [1.29, 1.82) is 0 Å². The molecule has 0 aromatic heterocycles. The Bertz CT molecular complexity index is 543. The van der Waals surface area contributed by atoms with Crippen molar-refractivity contribution in [2.75, 3.05) is 12.3 Å². The quantitative estimate of drug-likeness (QED) is 0.889. The van der Waals surface area contributed by atoms with E-state index in [2.05, 4.69) is 15.6 Å². The van der Waals surface area contributed by atoms with Crippen LogP contribution in [0.2, 0.25) is 0 Å². The fraction of sp³-hybridized carbons (Fsp3) is 0.400. The van der Waals surface area contributed by atoms with Crippen LogP contribution < -0.4 is 10.6 Å². The highest BCUT2D eigenvalue weighted by Crippen LogP contribution is 2.11. The maximum absolute atomic E-state index is 12.3. The molecule has 2 N–H and O–H groups in total. The normalized spacial score (nSPS) is 15.5. The lowest BCUT2D eigenvalue weighted by atomic mass is 10.0. The van der Waals surface area contributed by atoms with Crippen LogP contribution in [0.4, 0.5) is 0 Å². The molecule has 112 valence electrons. The lowest BCUT2D eigenvalue weighted by molar-refractivity contribution is -0.122. The molecule has 6 heteroatoms. The van der Waals surface area contributed by atoms with Crippen molar-refractivity contribution in [2.45, 2.75) is 19.9 Å². The first-order chi connectivity index (χ1) is 10.1. The molecule has 0 spiro atoms. The molecule has 0 saturated heterocycles. The molecule has 5 nitrogen and oxygen atoms in total. The molecule has 2 rings (SSSR count). The molecule has 1 heterocycles. The van der Waals surface area contributed by atoms with Gasteiger partial charge in [-0.1, -0.05) is 43.8 Å². The summed E-state index contributed by atoms with van der Waals surface area (Å²) in [7, 11) is 0. The molecule has 0 bridgehead atoms. The topological polar surface area (TPSA) is 70.6 Å². The predicted molar refractivity (Wildman–Crippen MR) is 85.4 cm³/mol. The van der Waals surface area contributed by atoms with Crippen LogP contribution in [0.1, 0.15) is 24.2 Å². The average molecular weight is 305 g/mol. The Kier molecular flexibility index (Phi) is 5.38. The summed E-state index contributed by atoms with van der Waals surface area (Å²) in [6, 6.07) is 8.30. The van der Waals surface area contributed by atoms with Crippen LogP contribution in [-0.4, -0.2) is 35.3 Å². The Labute approximate surface area is 128 Å². The minimum Gasteiger partial charge on any atom is -0.340 e. The van der Waals surface area contributed by atoms with E-state index in [0.717, 1.165) is 12.3 Å². The summed E-state index contributed by atoms with van der Waals surface area (Å²) in [5, 5.41) is 6.21. The van der Waals surface area contributed by atoms with E-state index in [1.807, 2.05) is 19.9 Å². The van der Waals surface area contributed by atoms with E-state index in [4.69, 9.17) is 0 Å². The number of hydrogen-bond acceptors (Lipinski definition) is 4. The minimum absolute atomic E-state index is 0.00957. The maximum atomic E-state index is 12.3. The summed E-state index contributed by atoms with van der Waals surface area (Å²) in [6.07, 6.45) is 0. The Morgan fingerprint density at radius 1 is 1.24 bits per heavy atom. The summed E-state index contributed by atoms with van der Waals surface area (Å²) in [5.41, 5.74) is 0.545. The predicted octanol–water partition coefficient (Wildman–Crippen LogP) is 1.66. The Morgan fingerprint density at radius 3 is 2.52 bits per heavy atom. The summed E-state index contributed by atoms with van der Waals surface area (Å²) < 4.78 is 0. The van der Waals surface area contributed by atoms with Crippen LogP contribution in [-0.2, 0) is 4.79 Å². The molecule has 1 aromatic rings. The van der Waals surface area contributed by atoms with E-state index in [9.17, 15) is 9.59 Å². The zero-order valence-electron chi connectivity index (χ0n) is 12.1. The molecule has 1 atom stereocenters. The SMILES string of the molecule is CC(C)[C@H](NC(=O)c1ccccc1)C(=O)NC1=NCCS1. The highest BCUT2D eigenvalue weighted by atomic mass is 32.2. The van der Waals surface area contributed by atoms with Gasteiger partial charge >= 0.3 is 0 Å². The third-order valence-corrected chi connectivity index (χ3v) is 3.98. The third-order valence-electron chi connectivity index (χ3n) is 3.09. The average Bonchev–Trinajstić information content (AvgIpc) is 2.97. The largest absolute Gasteiger partial charge is 0.340 e. The number of nitrogens with zero attached hydrogens (tertiary/aromatic N) is 1. The Hall–Kier alpha value is -1.82. The first kappa shape index (κ1) is 15.6. The van der Waals surface area contributed by atoms with E-state index in [0.29, 0.717) is 10.7 Å². The van der Waals surface area contributed by atoms with Gasteiger partial charge in [0.15, 0.2) is 5.17 Å². The van der Waals surface area contributed by atoms with Gasteiger partial charge in [0.2, 0.25) is 5.91 Å². The second-order valence-corrected chi connectivity index (χ2v) is 6.17. The number of hydrogen-bond donors (Lipinski definition) is 2.